The Balaban J connectivity index is 3.14. The molecule has 70 valence electrons. The van der Waals surface area contributed by atoms with Crippen molar-refractivity contribution in [1.82, 2.24) is 4.98 Å². The van der Waals surface area contributed by atoms with Crippen molar-refractivity contribution in [2.24, 2.45) is 5.73 Å². The number of thiocarbonyl (C=S) groups is 1. The fraction of sp³-hybridized carbons (Fsp3) is 0.400. The first-order valence-corrected chi connectivity index (χ1v) is 4.87. The van der Waals surface area contributed by atoms with Gasteiger partial charge >= 0.3 is 0 Å². The van der Waals surface area contributed by atoms with Crippen molar-refractivity contribution in [2.45, 2.75) is 26.7 Å². The summed E-state index contributed by atoms with van der Waals surface area (Å²) in [6.07, 6.45) is 1.84. The number of aryl methyl sites for hydroxylation is 2. The number of nitrogens with zero attached hydrogens (tertiary/aromatic N) is 1. The highest BCUT2D eigenvalue weighted by atomic mass is 32.1. The van der Waals surface area contributed by atoms with Crippen molar-refractivity contribution in [2.75, 3.05) is 0 Å². The molecule has 1 aromatic rings. The van der Waals surface area contributed by atoms with Crippen LogP contribution in [0.5, 0.6) is 0 Å². The lowest BCUT2D eigenvalue weighted by Crippen LogP contribution is -2.11. The topological polar surface area (TPSA) is 38.9 Å². The van der Waals surface area contributed by atoms with Gasteiger partial charge in [0.2, 0.25) is 0 Å². The summed E-state index contributed by atoms with van der Waals surface area (Å²) >= 11 is 4.93. The number of aromatic nitrogens is 1. The molecule has 0 fully saturated rings. The standard InChI is InChI=1S/C10H14N2S/c1-3-8-5-7(10(11)13)6-9(4-2)12-8/h5-6H,3-4H2,1-2H3,(H2,11,13). The van der Waals surface area contributed by atoms with Gasteiger partial charge in [-0.05, 0) is 25.0 Å². The van der Waals surface area contributed by atoms with Crippen LogP contribution >= 0.6 is 12.2 Å². The Morgan fingerprint density at radius 3 is 2.08 bits per heavy atom. The van der Waals surface area contributed by atoms with Crippen LogP contribution in [0.3, 0.4) is 0 Å². The van der Waals surface area contributed by atoms with Gasteiger partial charge in [-0.3, -0.25) is 4.98 Å². The summed E-state index contributed by atoms with van der Waals surface area (Å²) in [6.45, 7) is 4.15. The van der Waals surface area contributed by atoms with E-state index in [1.165, 1.54) is 0 Å². The van der Waals surface area contributed by atoms with Gasteiger partial charge in [-0.15, -0.1) is 0 Å². The van der Waals surface area contributed by atoms with E-state index in [1.54, 1.807) is 0 Å². The third-order valence-corrected chi connectivity index (χ3v) is 2.18. The van der Waals surface area contributed by atoms with Gasteiger partial charge in [-0.1, -0.05) is 26.1 Å². The summed E-state index contributed by atoms with van der Waals surface area (Å²) in [5.41, 5.74) is 8.61. The predicted octanol–water partition coefficient (Wildman–Crippen LogP) is 1.84. The molecular weight excluding hydrogens is 180 g/mol. The zero-order chi connectivity index (χ0) is 9.84. The van der Waals surface area contributed by atoms with E-state index in [0.29, 0.717) is 4.99 Å². The van der Waals surface area contributed by atoms with Crippen molar-refractivity contribution in [3.63, 3.8) is 0 Å². The van der Waals surface area contributed by atoms with Gasteiger partial charge in [0.15, 0.2) is 0 Å². The summed E-state index contributed by atoms with van der Waals surface area (Å²) in [5, 5.41) is 0. The molecule has 0 aliphatic carbocycles. The molecular formula is C10H14N2S. The molecule has 0 aliphatic heterocycles. The molecule has 1 heterocycles. The lowest BCUT2D eigenvalue weighted by Gasteiger charge is -2.04. The lowest BCUT2D eigenvalue weighted by atomic mass is 10.1. The molecule has 0 radical (unpaired) electrons. The molecule has 0 amide bonds. The second kappa shape index (κ2) is 4.33. The second-order valence-corrected chi connectivity index (χ2v) is 3.35. The maximum Gasteiger partial charge on any atom is 0.104 e. The maximum absolute atomic E-state index is 5.56. The molecule has 13 heavy (non-hydrogen) atoms. The molecule has 0 aliphatic rings. The molecule has 0 saturated heterocycles. The first-order valence-electron chi connectivity index (χ1n) is 4.47. The fourth-order valence-electron chi connectivity index (χ4n) is 1.15. The number of hydrogen-bond acceptors (Lipinski definition) is 2. The molecule has 0 aromatic carbocycles. The Hall–Kier alpha value is -0.960. The number of nitrogens with two attached hydrogens (primary N) is 1. The Morgan fingerprint density at radius 1 is 1.31 bits per heavy atom. The van der Waals surface area contributed by atoms with Gasteiger partial charge in [0.05, 0.1) is 0 Å². The van der Waals surface area contributed by atoms with Crippen molar-refractivity contribution in [3.05, 3.63) is 29.1 Å². The third kappa shape index (κ3) is 2.49. The van der Waals surface area contributed by atoms with E-state index in [4.69, 9.17) is 18.0 Å². The Labute approximate surface area is 84.2 Å². The normalized spacial score (nSPS) is 10.0. The van der Waals surface area contributed by atoms with Gasteiger partial charge in [-0.2, -0.15) is 0 Å². The average molecular weight is 194 g/mol. The number of hydrogen-bond donors (Lipinski definition) is 1. The highest BCUT2D eigenvalue weighted by Crippen LogP contribution is 2.07. The monoisotopic (exact) mass is 194 g/mol. The second-order valence-electron chi connectivity index (χ2n) is 2.91. The SMILES string of the molecule is CCc1cc(C(N)=S)cc(CC)n1. The van der Waals surface area contributed by atoms with Gasteiger partial charge < -0.3 is 5.73 Å². The molecule has 0 unspecified atom stereocenters. The highest BCUT2D eigenvalue weighted by molar-refractivity contribution is 7.80. The van der Waals surface area contributed by atoms with Crippen LogP contribution in [-0.2, 0) is 12.8 Å². The van der Waals surface area contributed by atoms with E-state index in [9.17, 15) is 0 Å². The molecule has 0 saturated carbocycles. The molecule has 2 nitrogen and oxygen atoms in total. The van der Waals surface area contributed by atoms with Crippen LogP contribution in [-0.4, -0.2) is 9.97 Å². The smallest absolute Gasteiger partial charge is 0.104 e. The number of rotatable bonds is 3. The largest absolute Gasteiger partial charge is 0.389 e. The average Bonchev–Trinajstić information content (AvgIpc) is 2.16. The molecule has 2 N–H and O–H groups in total. The van der Waals surface area contributed by atoms with E-state index in [1.807, 2.05) is 12.1 Å². The van der Waals surface area contributed by atoms with Gasteiger partial charge in [-0.25, -0.2) is 0 Å². The van der Waals surface area contributed by atoms with E-state index in [-0.39, 0.29) is 0 Å². The zero-order valence-corrected chi connectivity index (χ0v) is 8.82. The minimum atomic E-state index is 0.451. The lowest BCUT2D eigenvalue weighted by molar-refractivity contribution is 0.953. The zero-order valence-electron chi connectivity index (χ0n) is 8.00. The molecule has 0 bridgehead atoms. The van der Waals surface area contributed by atoms with Gasteiger partial charge in [0.25, 0.3) is 0 Å². The van der Waals surface area contributed by atoms with Crippen LogP contribution in [0.25, 0.3) is 0 Å². The molecule has 0 atom stereocenters. The van der Waals surface area contributed by atoms with E-state index in [2.05, 4.69) is 18.8 Å². The minimum Gasteiger partial charge on any atom is -0.389 e. The summed E-state index contributed by atoms with van der Waals surface area (Å²) in [6, 6.07) is 3.92. The van der Waals surface area contributed by atoms with Crippen LogP contribution in [0.2, 0.25) is 0 Å². The summed E-state index contributed by atoms with van der Waals surface area (Å²) < 4.78 is 0. The van der Waals surface area contributed by atoms with E-state index in [0.717, 1.165) is 29.8 Å². The van der Waals surface area contributed by atoms with Gasteiger partial charge in [0.1, 0.15) is 4.99 Å². The van der Waals surface area contributed by atoms with Crippen LogP contribution in [0.4, 0.5) is 0 Å². The van der Waals surface area contributed by atoms with Crippen molar-refractivity contribution >= 4 is 17.2 Å². The van der Waals surface area contributed by atoms with E-state index >= 15 is 0 Å². The number of pyridine rings is 1. The Kier molecular flexibility index (Phi) is 3.37. The fourth-order valence-corrected chi connectivity index (χ4v) is 1.27. The summed E-state index contributed by atoms with van der Waals surface area (Å²) in [5.74, 6) is 0. The van der Waals surface area contributed by atoms with Crippen molar-refractivity contribution < 1.29 is 0 Å². The van der Waals surface area contributed by atoms with Crippen molar-refractivity contribution in [3.8, 4) is 0 Å². The highest BCUT2D eigenvalue weighted by Gasteiger charge is 2.01. The maximum atomic E-state index is 5.56. The van der Waals surface area contributed by atoms with Gasteiger partial charge in [0, 0.05) is 17.0 Å². The van der Waals surface area contributed by atoms with Crippen molar-refractivity contribution in [1.29, 1.82) is 0 Å². The van der Waals surface area contributed by atoms with Crippen LogP contribution in [0.15, 0.2) is 12.1 Å². The Morgan fingerprint density at radius 2 is 1.77 bits per heavy atom. The molecule has 3 heteroatoms. The summed E-state index contributed by atoms with van der Waals surface area (Å²) in [4.78, 5) is 4.89. The first kappa shape index (κ1) is 10.1. The molecule has 1 rings (SSSR count). The van der Waals surface area contributed by atoms with Crippen LogP contribution in [0.1, 0.15) is 30.8 Å². The molecule has 0 spiro atoms. The third-order valence-electron chi connectivity index (χ3n) is 1.94. The quantitative estimate of drug-likeness (QED) is 0.746. The first-order chi connectivity index (χ1) is 6.17. The summed E-state index contributed by atoms with van der Waals surface area (Å²) in [7, 11) is 0. The van der Waals surface area contributed by atoms with Crippen LogP contribution in [0, 0.1) is 0 Å². The molecule has 1 aromatic heterocycles. The predicted molar refractivity (Wildman–Crippen MR) is 58.9 cm³/mol. The van der Waals surface area contributed by atoms with Crippen LogP contribution < -0.4 is 5.73 Å². The Bertz CT molecular complexity index is 298. The van der Waals surface area contributed by atoms with E-state index < -0.39 is 0 Å². The minimum absolute atomic E-state index is 0.451.